The van der Waals surface area contributed by atoms with Crippen LogP contribution >= 0.6 is 28.3 Å². The van der Waals surface area contributed by atoms with Crippen LogP contribution in [0.4, 0.5) is 0 Å². The van der Waals surface area contributed by atoms with Crippen LogP contribution in [0.3, 0.4) is 0 Å². The van der Waals surface area contributed by atoms with Gasteiger partial charge < -0.3 is 15.2 Å². The largest absolute Gasteiger partial charge is 0.491 e. The number of nitrogens with two attached hydrogens (primary N) is 1. The lowest BCUT2D eigenvalue weighted by atomic mass is 9.79. The molecule has 0 spiro atoms. The van der Waals surface area contributed by atoms with E-state index in [1.54, 1.807) is 0 Å². The van der Waals surface area contributed by atoms with Gasteiger partial charge in [0.1, 0.15) is 12.4 Å². The molecule has 1 aromatic carbocycles. The van der Waals surface area contributed by atoms with Gasteiger partial charge in [-0.05, 0) is 37.0 Å². The highest BCUT2D eigenvalue weighted by Gasteiger charge is 2.33. The van der Waals surface area contributed by atoms with E-state index in [2.05, 4.69) is 40.7 Å². The molecule has 0 bridgehead atoms. The van der Waals surface area contributed by atoms with E-state index < -0.39 is 0 Å². The van der Waals surface area contributed by atoms with Gasteiger partial charge in [-0.2, -0.15) is 0 Å². The van der Waals surface area contributed by atoms with Crippen molar-refractivity contribution in [3.8, 4) is 5.75 Å². The lowest BCUT2D eigenvalue weighted by molar-refractivity contribution is 0.0873. The van der Waals surface area contributed by atoms with Crippen LogP contribution in [0.2, 0.25) is 0 Å². The van der Waals surface area contributed by atoms with Crippen molar-refractivity contribution in [2.24, 2.45) is 11.1 Å². The smallest absolute Gasteiger partial charge is 0.123 e. The first-order valence-electron chi connectivity index (χ1n) is 8.39. The lowest BCUT2D eigenvalue weighted by Gasteiger charge is -2.42. The van der Waals surface area contributed by atoms with Crippen molar-refractivity contribution in [3.63, 3.8) is 0 Å². The third kappa shape index (κ3) is 6.19. The van der Waals surface area contributed by atoms with Gasteiger partial charge in [0, 0.05) is 42.3 Å². The summed E-state index contributed by atoms with van der Waals surface area (Å²) in [7, 11) is 0. The number of piperidine rings is 1. The van der Waals surface area contributed by atoms with Gasteiger partial charge in [0.05, 0.1) is 6.61 Å². The highest BCUT2D eigenvalue weighted by Crippen LogP contribution is 2.31. The predicted octanol–water partition coefficient (Wildman–Crippen LogP) is 3.85. The second-order valence-corrected chi connectivity index (χ2v) is 7.81. The number of hydrogen-bond acceptors (Lipinski definition) is 4. The van der Waals surface area contributed by atoms with Crippen molar-refractivity contribution in [1.29, 1.82) is 0 Å². The molecule has 0 aromatic heterocycles. The minimum absolute atomic E-state index is 0. The summed E-state index contributed by atoms with van der Waals surface area (Å²) in [4.78, 5) is 2.47. The summed E-state index contributed by atoms with van der Waals surface area (Å²) in [6.45, 7) is 11.4. The van der Waals surface area contributed by atoms with Crippen LogP contribution in [0.25, 0.3) is 0 Å². The van der Waals surface area contributed by atoms with Crippen LogP contribution in [-0.2, 0) is 11.3 Å². The summed E-state index contributed by atoms with van der Waals surface area (Å²) >= 11 is 3.57. The normalized spacial score (nSPS) is 20.5. The topological polar surface area (TPSA) is 47.7 Å². The fourth-order valence-corrected chi connectivity index (χ4v) is 3.44. The first-order chi connectivity index (χ1) is 10.9. The molecule has 0 radical (unpaired) electrons. The summed E-state index contributed by atoms with van der Waals surface area (Å²) in [6, 6.07) is 6.49. The fraction of sp³-hybridized carbons (Fsp3) is 0.667. The van der Waals surface area contributed by atoms with Crippen molar-refractivity contribution in [3.05, 3.63) is 28.2 Å². The zero-order valence-corrected chi connectivity index (χ0v) is 17.3. The summed E-state index contributed by atoms with van der Waals surface area (Å²) in [6.07, 6.45) is 1.04. The maximum atomic E-state index is 6.24. The Hall–Kier alpha value is -0.330. The van der Waals surface area contributed by atoms with Crippen molar-refractivity contribution in [2.75, 3.05) is 32.9 Å². The van der Waals surface area contributed by atoms with Gasteiger partial charge in [-0.15, -0.1) is 12.4 Å². The van der Waals surface area contributed by atoms with E-state index >= 15 is 0 Å². The molecule has 1 aromatic rings. The van der Waals surface area contributed by atoms with Crippen LogP contribution in [0.5, 0.6) is 5.75 Å². The van der Waals surface area contributed by atoms with Gasteiger partial charge in [-0.1, -0.05) is 29.8 Å². The molecule has 24 heavy (non-hydrogen) atoms. The van der Waals surface area contributed by atoms with Crippen molar-refractivity contribution >= 4 is 28.3 Å². The van der Waals surface area contributed by atoms with Crippen molar-refractivity contribution in [1.82, 2.24) is 4.90 Å². The Bertz CT molecular complexity index is 514. The maximum absolute atomic E-state index is 6.24. The molecule has 2 rings (SSSR count). The monoisotopic (exact) mass is 420 g/mol. The predicted molar refractivity (Wildman–Crippen MR) is 105 cm³/mol. The highest BCUT2D eigenvalue weighted by atomic mass is 79.9. The van der Waals surface area contributed by atoms with E-state index in [1.165, 1.54) is 5.56 Å². The molecule has 1 unspecified atom stereocenters. The molecule has 4 nitrogen and oxygen atoms in total. The maximum Gasteiger partial charge on any atom is 0.123 e. The molecule has 2 N–H and O–H groups in total. The SMILES string of the molecule is CCOCCOc1ccc(Br)cc1CN1CCC(N)C(C)(C)C1.Cl. The number of hydrogen-bond donors (Lipinski definition) is 1. The van der Waals surface area contributed by atoms with E-state index in [4.69, 9.17) is 15.2 Å². The molecule has 1 fully saturated rings. The summed E-state index contributed by atoms with van der Waals surface area (Å²) in [5.74, 6) is 0.945. The Morgan fingerprint density at radius 2 is 2.08 bits per heavy atom. The quantitative estimate of drug-likeness (QED) is 0.679. The molecule has 6 heteroatoms. The number of benzene rings is 1. The van der Waals surface area contributed by atoms with E-state index in [0.29, 0.717) is 13.2 Å². The van der Waals surface area contributed by atoms with E-state index in [1.807, 2.05) is 19.1 Å². The third-order valence-corrected chi connectivity index (χ3v) is 4.99. The summed E-state index contributed by atoms with van der Waals surface area (Å²) < 4.78 is 12.3. The molecule has 1 saturated heterocycles. The third-order valence-electron chi connectivity index (χ3n) is 4.50. The molecule has 1 atom stereocenters. The second-order valence-electron chi connectivity index (χ2n) is 6.89. The first-order valence-corrected chi connectivity index (χ1v) is 9.18. The fourth-order valence-electron chi connectivity index (χ4n) is 3.03. The Kier molecular flexibility index (Phi) is 9.02. The molecule has 1 heterocycles. The van der Waals surface area contributed by atoms with Gasteiger partial charge in [0.15, 0.2) is 0 Å². The number of rotatable bonds is 7. The average Bonchev–Trinajstić information content (AvgIpc) is 2.49. The van der Waals surface area contributed by atoms with E-state index in [0.717, 1.165) is 42.9 Å². The standard InChI is InChI=1S/C18H29BrN2O2.ClH/c1-4-22-9-10-23-16-6-5-15(19)11-14(16)12-21-8-7-17(20)18(2,3)13-21;/h5-6,11,17H,4,7-10,12-13,20H2,1-3H3;1H. The minimum atomic E-state index is 0. The molecule has 1 aliphatic heterocycles. The molecular weight excluding hydrogens is 392 g/mol. The zero-order chi connectivity index (χ0) is 16.9. The molecule has 0 amide bonds. The number of nitrogens with zero attached hydrogens (tertiary/aromatic N) is 1. The first kappa shape index (κ1) is 21.7. The molecule has 0 saturated carbocycles. The Balaban J connectivity index is 0.00000288. The number of likely N-dealkylation sites (tertiary alicyclic amines) is 1. The van der Waals surface area contributed by atoms with Crippen LogP contribution in [0, 0.1) is 5.41 Å². The number of ether oxygens (including phenoxy) is 2. The Morgan fingerprint density at radius 3 is 2.75 bits per heavy atom. The van der Waals surface area contributed by atoms with Crippen molar-refractivity contribution in [2.45, 2.75) is 39.8 Å². The average molecular weight is 422 g/mol. The minimum Gasteiger partial charge on any atom is -0.491 e. The highest BCUT2D eigenvalue weighted by molar-refractivity contribution is 9.10. The van der Waals surface area contributed by atoms with Gasteiger partial charge in [0.2, 0.25) is 0 Å². The van der Waals surface area contributed by atoms with Crippen LogP contribution < -0.4 is 10.5 Å². The van der Waals surface area contributed by atoms with E-state index in [-0.39, 0.29) is 23.9 Å². The van der Waals surface area contributed by atoms with E-state index in [9.17, 15) is 0 Å². The lowest BCUT2D eigenvalue weighted by Crippen LogP contribution is -2.52. The van der Waals surface area contributed by atoms with Crippen LogP contribution in [-0.4, -0.2) is 43.9 Å². The number of halogens is 2. The molecule has 0 aliphatic carbocycles. The van der Waals surface area contributed by atoms with Crippen molar-refractivity contribution < 1.29 is 9.47 Å². The zero-order valence-electron chi connectivity index (χ0n) is 14.9. The van der Waals surface area contributed by atoms with Gasteiger partial charge >= 0.3 is 0 Å². The van der Waals surface area contributed by atoms with Gasteiger partial charge in [0.25, 0.3) is 0 Å². The molecular formula is C18H30BrClN2O2. The summed E-state index contributed by atoms with van der Waals surface area (Å²) in [5.41, 5.74) is 7.61. The van der Waals surface area contributed by atoms with Gasteiger partial charge in [-0.25, -0.2) is 0 Å². The molecule has 1 aliphatic rings. The second kappa shape index (κ2) is 9.97. The summed E-state index contributed by atoms with van der Waals surface area (Å²) in [5, 5.41) is 0. The Morgan fingerprint density at radius 1 is 1.33 bits per heavy atom. The van der Waals surface area contributed by atoms with Crippen LogP contribution in [0.15, 0.2) is 22.7 Å². The van der Waals surface area contributed by atoms with Gasteiger partial charge in [-0.3, -0.25) is 4.90 Å². The molecule has 138 valence electrons. The van der Waals surface area contributed by atoms with Crippen LogP contribution in [0.1, 0.15) is 32.8 Å². The Labute approximate surface area is 160 Å².